The van der Waals surface area contributed by atoms with Crippen molar-refractivity contribution in [3.63, 3.8) is 0 Å². The van der Waals surface area contributed by atoms with Crippen molar-refractivity contribution in [3.8, 4) is 0 Å². The lowest BCUT2D eigenvalue weighted by molar-refractivity contribution is 0.0953. The van der Waals surface area contributed by atoms with Gasteiger partial charge in [0.1, 0.15) is 5.82 Å². The Bertz CT molecular complexity index is 700. The predicted molar refractivity (Wildman–Crippen MR) is 103 cm³/mol. The van der Waals surface area contributed by atoms with E-state index < -0.39 is 0 Å². The van der Waals surface area contributed by atoms with Gasteiger partial charge in [0.2, 0.25) is 5.95 Å². The summed E-state index contributed by atoms with van der Waals surface area (Å²) in [7, 11) is 0. The molecule has 138 valence electrons. The number of pyridine rings is 1. The molecule has 1 N–H and O–H groups in total. The van der Waals surface area contributed by atoms with Crippen molar-refractivity contribution in [1.29, 1.82) is 0 Å². The zero-order chi connectivity index (χ0) is 18.2. The normalized spacial score (nSPS) is 14.3. The van der Waals surface area contributed by atoms with Gasteiger partial charge in [-0.2, -0.15) is 0 Å². The van der Waals surface area contributed by atoms with Gasteiger partial charge in [-0.05, 0) is 24.6 Å². The third-order valence-corrected chi connectivity index (χ3v) is 4.51. The number of nitrogens with one attached hydrogen (secondary N) is 1. The first kappa shape index (κ1) is 18.1. The Labute approximate surface area is 154 Å². The van der Waals surface area contributed by atoms with Crippen molar-refractivity contribution < 1.29 is 4.79 Å². The molecule has 7 nitrogen and oxygen atoms in total. The summed E-state index contributed by atoms with van der Waals surface area (Å²) >= 11 is 0. The summed E-state index contributed by atoms with van der Waals surface area (Å²) in [4.78, 5) is 29.7. The Morgan fingerprint density at radius 2 is 1.77 bits per heavy atom. The number of hydrogen-bond acceptors (Lipinski definition) is 6. The van der Waals surface area contributed by atoms with Gasteiger partial charge in [0.05, 0.1) is 0 Å². The number of rotatable bonds is 7. The van der Waals surface area contributed by atoms with E-state index in [4.69, 9.17) is 0 Å². The van der Waals surface area contributed by atoms with Crippen molar-refractivity contribution in [2.75, 3.05) is 42.5 Å². The minimum absolute atomic E-state index is 0.0268. The van der Waals surface area contributed by atoms with Gasteiger partial charge in [-0.25, -0.2) is 15.0 Å². The van der Waals surface area contributed by atoms with Crippen LogP contribution in [-0.4, -0.2) is 53.6 Å². The van der Waals surface area contributed by atoms with E-state index in [1.54, 1.807) is 24.7 Å². The zero-order valence-electron chi connectivity index (χ0n) is 15.3. The highest BCUT2D eigenvalue weighted by atomic mass is 16.1. The molecule has 1 aliphatic rings. The highest BCUT2D eigenvalue weighted by Crippen LogP contribution is 2.17. The summed E-state index contributed by atoms with van der Waals surface area (Å²) in [6.07, 6.45) is 8.54. The average Bonchev–Trinajstić information content (AvgIpc) is 2.72. The van der Waals surface area contributed by atoms with Crippen molar-refractivity contribution in [1.82, 2.24) is 20.3 Å². The summed E-state index contributed by atoms with van der Waals surface area (Å²) in [5.41, 5.74) is 0.667. The third-order valence-electron chi connectivity index (χ3n) is 4.51. The molecule has 0 unspecified atom stereocenters. The van der Waals surface area contributed by atoms with Crippen LogP contribution >= 0.6 is 0 Å². The molecule has 1 aliphatic heterocycles. The average molecular weight is 354 g/mol. The van der Waals surface area contributed by atoms with Crippen LogP contribution in [-0.2, 0) is 0 Å². The first-order chi connectivity index (χ1) is 12.8. The monoisotopic (exact) mass is 354 g/mol. The molecule has 1 fully saturated rings. The molecule has 0 spiro atoms. The van der Waals surface area contributed by atoms with Crippen molar-refractivity contribution in [3.05, 3.63) is 42.4 Å². The van der Waals surface area contributed by atoms with E-state index in [0.717, 1.165) is 63.8 Å². The van der Waals surface area contributed by atoms with Crippen molar-refractivity contribution >= 4 is 17.7 Å². The number of anilines is 2. The molecule has 3 heterocycles. The van der Waals surface area contributed by atoms with Crippen molar-refractivity contribution in [2.45, 2.75) is 26.2 Å². The van der Waals surface area contributed by atoms with E-state index in [2.05, 4.69) is 37.0 Å². The topological polar surface area (TPSA) is 74.2 Å². The van der Waals surface area contributed by atoms with Crippen LogP contribution < -0.4 is 15.1 Å². The highest BCUT2D eigenvalue weighted by Gasteiger charge is 2.20. The van der Waals surface area contributed by atoms with Crippen LogP contribution in [0, 0.1) is 0 Å². The fourth-order valence-corrected chi connectivity index (χ4v) is 3.00. The second-order valence-electron chi connectivity index (χ2n) is 6.39. The van der Waals surface area contributed by atoms with E-state index in [1.165, 1.54) is 0 Å². The Hall–Kier alpha value is -2.70. The van der Waals surface area contributed by atoms with Crippen LogP contribution in [0.3, 0.4) is 0 Å². The highest BCUT2D eigenvalue weighted by molar-refractivity contribution is 5.94. The molecule has 0 aromatic carbocycles. The zero-order valence-corrected chi connectivity index (χ0v) is 15.3. The van der Waals surface area contributed by atoms with Crippen LogP contribution in [0.25, 0.3) is 0 Å². The number of amides is 1. The number of carbonyl (C=O) groups is 1. The largest absolute Gasteiger partial charge is 0.353 e. The van der Waals surface area contributed by atoms with E-state index in [-0.39, 0.29) is 5.91 Å². The molecule has 3 rings (SSSR count). The first-order valence-electron chi connectivity index (χ1n) is 9.29. The molecule has 1 amide bonds. The lowest BCUT2D eigenvalue weighted by Crippen LogP contribution is -2.47. The molecule has 0 atom stereocenters. The Balaban J connectivity index is 1.56. The summed E-state index contributed by atoms with van der Waals surface area (Å²) in [6.45, 7) is 6.19. The van der Waals surface area contributed by atoms with Gasteiger partial charge in [-0.3, -0.25) is 4.79 Å². The molecule has 2 aromatic heterocycles. The SMILES string of the molecule is CCCCCNC(=O)c1ccnc(N2CCN(c3ncccn3)CC2)c1. The van der Waals surface area contributed by atoms with Crippen LogP contribution in [0.4, 0.5) is 11.8 Å². The lowest BCUT2D eigenvalue weighted by Gasteiger charge is -2.35. The van der Waals surface area contributed by atoms with Gasteiger partial charge in [0.25, 0.3) is 5.91 Å². The number of nitrogens with zero attached hydrogens (tertiary/aromatic N) is 5. The molecule has 0 radical (unpaired) electrons. The first-order valence-corrected chi connectivity index (χ1v) is 9.29. The second-order valence-corrected chi connectivity index (χ2v) is 6.39. The van der Waals surface area contributed by atoms with E-state index >= 15 is 0 Å². The van der Waals surface area contributed by atoms with Gasteiger partial charge < -0.3 is 15.1 Å². The smallest absolute Gasteiger partial charge is 0.251 e. The predicted octanol–water partition coefficient (Wildman–Crippen LogP) is 2.12. The van der Waals surface area contributed by atoms with Crippen molar-refractivity contribution in [2.24, 2.45) is 0 Å². The van der Waals surface area contributed by atoms with Crippen LogP contribution in [0.1, 0.15) is 36.5 Å². The molecular formula is C19H26N6O. The Morgan fingerprint density at radius 3 is 2.50 bits per heavy atom. The number of carbonyl (C=O) groups excluding carboxylic acids is 1. The van der Waals surface area contributed by atoms with Gasteiger partial charge in [0, 0.05) is 56.9 Å². The molecule has 7 heteroatoms. The quantitative estimate of drug-likeness (QED) is 0.768. The summed E-state index contributed by atoms with van der Waals surface area (Å²) < 4.78 is 0. The fourth-order valence-electron chi connectivity index (χ4n) is 3.00. The summed E-state index contributed by atoms with van der Waals surface area (Å²) in [5.74, 6) is 1.58. The standard InChI is InChI=1S/C19H26N6O/c1-2-3-4-7-21-18(26)16-6-10-20-17(15-16)24-11-13-25(14-12-24)19-22-8-5-9-23-19/h5-6,8-10,15H,2-4,7,11-14H2,1H3,(H,21,26). The summed E-state index contributed by atoms with van der Waals surface area (Å²) in [5, 5.41) is 2.98. The van der Waals surface area contributed by atoms with Gasteiger partial charge in [-0.1, -0.05) is 19.8 Å². The number of unbranched alkanes of at least 4 members (excludes halogenated alkanes) is 2. The van der Waals surface area contributed by atoms with Gasteiger partial charge in [0.15, 0.2) is 0 Å². The van der Waals surface area contributed by atoms with Gasteiger partial charge in [-0.15, -0.1) is 0 Å². The van der Waals surface area contributed by atoms with Gasteiger partial charge >= 0.3 is 0 Å². The molecular weight excluding hydrogens is 328 g/mol. The minimum atomic E-state index is -0.0268. The molecule has 1 saturated heterocycles. The molecule has 0 aliphatic carbocycles. The van der Waals surface area contributed by atoms with Crippen LogP contribution in [0.15, 0.2) is 36.8 Å². The fraction of sp³-hybridized carbons (Fsp3) is 0.474. The molecule has 0 bridgehead atoms. The Kier molecular flexibility index (Phi) is 6.35. The van der Waals surface area contributed by atoms with E-state index in [0.29, 0.717) is 5.56 Å². The molecule has 2 aromatic rings. The van der Waals surface area contributed by atoms with E-state index in [9.17, 15) is 4.79 Å². The Morgan fingerprint density at radius 1 is 1.04 bits per heavy atom. The minimum Gasteiger partial charge on any atom is -0.353 e. The lowest BCUT2D eigenvalue weighted by atomic mass is 10.2. The van der Waals surface area contributed by atoms with E-state index in [1.807, 2.05) is 12.1 Å². The van der Waals surface area contributed by atoms with Crippen LogP contribution in [0.2, 0.25) is 0 Å². The number of hydrogen-bond donors (Lipinski definition) is 1. The summed E-state index contributed by atoms with van der Waals surface area (Å²) in [6, 6.07) is 5.47. The molecule has 26 heavy (non-hydrogen) atoms. The number of piperazine rings is 1. The third kappa shape index (κ3) is 4.68. The van der Waals surface area contributed by atoms with Crippen LogP contribution in [0.5, 0.6) is 0 Å². The second kappa shape index (κ2) is 9.12. The number of aromatic nitrogens is 3. The maximum absolute atomic E-state index is 12.3. The maximum Gasteiger partial charge on any atom is 0.251 e. The maximum atomic E-state index is 12.3. The molecule has 0 saturated carbocycles.